The van der Waals surface area contributed by atoms with Gasteiger partial charge in [-0.05, 0) is 31.1 Å². The van der Waals surface area contributed by atoms with Crippen LogP contribution in [0, 0.1) is 0 Å². The summed E-state index contributed by atoms with van der Waals surface area (Å²) in [6, 6.07) is 7.88. The van der Waals surface area contributed by atoms with Crippen molar-refractivity contribution in [3.05, 3.63) is 24.3 Å². The van der Waals surface area contributed by atoms with Crippen molar-refractivity contribution in [2.45, 2.75) is 13.8 Å². The standard InChI is InChI=1S/C13H19N5O.CH3NO/c1-4-18(3)13-8-6-5-7-12(13)15-9-10-16-19-17-11(2)14;2-1-3/h5-10H,4H2,1-3H3,(H2,14,17);1H,(H2,2,3)/b15-9?,16-10+;. The molecule has 0 fully saturated rings. The number of aliphatic imine (C=N–C) groups is 1. The van der Waals surface area contributed by atoms with Gasteiger partial charge >= 0.3 is 0 Å². The van der Waals surface area contributed by atoms with E-state index < -0.39 is 0 Å². The van der Waals surface area contributed by atoms with Crippen LogP contribution in [0.15, 0.2) is 39.6 Å². The van der Waals surface area contributed by atoms with E-state index in [1.165, 1.54) is 6.21 Å². The van der Waals surface area contributed by atoms with Gasteiger partial charge < -0.3 is 16.4 Å². The Labute approximate surface area is 130 Å². The Morgan fingerprint density at radius 1 is 1.36 bits per heavy atom. The van der Waals surface area contributed by atoms with Crippen molar-refractivity contribution < 1.29 is 9.73 Å². The van der Waals surface area contributed by atoms with E-state index in [9.17, 15) is 0 Å². The summed E-state index contributed by atoms with van der Waals surface area (Å²) in [4.78, 5) is 19.6. The van der Waals surface area contributed by atoms with Gasteiger partial charge in [0.2, 0.25) is 6.41 Å². The number of hydrogen-bond acceptors (Lipinski definition) is 6. The SMILES string of the molecule is CCN(C)c1ccccc1N=C/C=N/O/N=C(\C)N.NC=O. The number of nitrogens with zero attached hydrogens (tertiary/aromatic N) is 4. The zero-order chi connectivity index (χ0) is 16.8. The molecule has 0 atom stereocenters. The highest BCUT2D eigenvalue weighted by Gasteiger charge is 2.02. The van der Waals surface area contributed by atoms with Crippen LogP contribution >= 0.6 is 0 Å². The molecule has 0 heterocycles. The minimum atomic E-state index is 0.250. The first-order valence-electron chi connectivity index (χ1n) is 6.54. The molecule has 0 bridgehead atoms. The predicted octanol–water partition coefficient (Wildman–Crippen LogP) is 1.24. The second kappa shape index (κ2) is 11.9. The molecule has 0 aliphatic carbocycles. The van der Waals surface area contributed by atoms with Gasteiger partial charge in [0.25, 0.3) is 0 Å². The average molecular weight is 306 g/mol. The molecule has 1 aromatic carbocycles. The molecule has 8 heteroatoms. The quantitative estimate of drug-likeness (QED) is 0.355. The summed E-state index contributed by atoms with van der Waals surface area (Å²) >= 11 is 0. The van der Waals surface area contributed by atoms with Crippen LogP contribution in [0.2, 0.25) is 0 Å². The molecule has 0 aliphatic rings. The third-order valence-corrected chi connectivity index (χ3v) is 2.34. The maximum absolute atomic E-state index is 8.58. The summed E-state index contributed by atoms with van der Waals surface area (Å²) < 4.78 is 0. The smallest absolute Gasteiger partial charge is 0.204 e. The van der Waals surface area contributed by atoms with Gasteiger partial charge in [-0.3, -0.25) is 9.79 Å². The van der Waals surface area contributed by atoms with E-state index in [-0.39, 0.29) is 6.41 Å². The maximum atomic E-state index is 8.58. The summed E-state index contributed by atoms with van der Waals surface area (Å²) in [5.74, 6) is 0.309. The van der Waals surface area contributed by atoms with Crippen molar-refractivity contribution in [2.24, 2.45) is 26.8 Å². The van der Waals surface area contributed by atoms with E-state index in [2.05, 4.69) is 37.8 Å². The van der Waals surface area contributed by atoms with E-state index in [1.54, 1.807) is 13.1 Å². The molecular weight excluding hydrogens is 284 g/mol. The second-order valence-corrected chi connectivity index (χ2v) is 3.99. The summed E-state index contributed by atoms with van der Waals surface area (Å²) in [6.45, 7) is 4.61. The van der Waals surface area contributed by atoms with Crippen LogP contribution in [-0.2, 0) is 9.73 Å². The normalized spacial score (nSPS) is 11.1. The number of carbonyl (C=O) groups excluding carboxylic acids is 1. The van der Waals surface area contributed by atoms with Gasteiger partial charge in [-0.1, -0.05) is 17.3 Å². The first-order valence-corrected chi connectivity index (χ1v) is 6.54. The minimum Gasteiger partial charge on any atom is -0.385 e. The lowest BCUT2D eigenvalue weighted by Crippen LogP contribution is -2.15. The molecule has 0 spiro atoms. The average Bonchev–Trinajstić information content (AvgIpc) is 2.51. The molecule has 22 heavy (non-hydrogen) atoms. The van der Waals surface area contributed by atoms with Crippen LogP contribution in [0.25, 0.3) is 0 Å². The molecule has 4 N–H and O–H groups in total. The van der Waals surface area contributed by atoms with E-state index in [0.717, 1.165) is 17.9 Å². The van der Waals surface area contributed by atoms with Gasteiger partial charge in [-0.15, -0.1) is 0 Å². The van der Waals surface area contributed by atoms with Crippen molar-refractivity contribution in [3.63, 3.8) is 0 Å². The van der Waals surface area contributed by atoms with Gasteiger partial charge in [0, 0.05) is 19.8 Å². The molecular formula is C14H22N6O2. The molecule has 0 saturated heterocycles. The zero-order valence-electron chi connectivity index (χ0n) is 13.0. The van der Waals surface area contributed by atoms with Crippen LogP contribution in [0.1, 0.15) is 13.8 Å². The first-order chi connectivity index (χ1) is 10.6. The lowest BCUT2D eigenvalue weighted by Gasteiger charge is -2.18. The lowest BCUT2D eigenvalue weighted by molar-refractivity contribution is -0.106. The van der Waals surface area contributed by atoms with Gasteiger partial charge in [0.1, 0.15) is 5.84 Å². The Kier molecular flexibility index (Phi) is 10.3. The molecule has 1 amide bonds. The molecule has 0 aliphatic heterocycles. The van der Waals surface area contributed by atoms with Crippen molar-refractivity contribution in [1.82, 2.24) is 0 Å². The van der Waals surface area contributed by atoms with Crippen LogP contribution in [0.5, 0.6) is 0 Å². The fraction of sp³-hybridized carbons (Fsp3) is 0.286. The zero-order valence-corrected chi connectivity index (χ0v) is 13.0. The molecule has 8 nitrogen and oxygen atoms in total. The van der Waals surface area contributed by atoms with Crippen LogP contribution in [0.4, 0.5) is 11.4 Å². The number of amidine groups is 1. The highest BCUT2D eigenvalue weighted by atomic mass is 16.8. The predicted molar refractivity (Wildman–Crippen MR) is 90.7 cm³/mol. The third-order valence-electron chi connectivity index (χ3n) is 2.34. The highest BCUT2D eigenvalue weighted by molar-refractivity contribution is 6.16. The summed E-state index contributed by atoms with van der Waals surface area (Å²) in [7, 11) is 2.02. The van der Waals surface area contributed by atoms with Gasteiger partial charge in [0.05, 0.1) is 17.6 Å². The van der Waals surface area contributed by atoms with E-state index >= 15 is 0 Å². The van der Waals surface area contributed by atoms with Crippen LogP contribution in [0.3, 0.4) is 0 Å². The number of anilines is 1. The van der Waals surface area contributed by atoms with Crippen molar-refractivity contribution in [2.75, 3.05) is 18.5 Å². The third kappa shape index (κ3) is 8.31. The van der Waals surface area contributed by atoms with E-state index in [0.29, 0.717) is 5.84 Å². The number of carbonyl (C=O) groups is 1. The fourth-order valence-corrected chi connectivity index (χ4v) is 1.32. The number of benzene rings is 1. The van der Waals surface area contributed by atoms with Crippen LogP contribution in [-0.4, -0.2) is 38.3 Å². The van der Waals surface area contributed by atoms with E-state index in [1.807, 2.05) is 31.3 Å². The lowest BCUT2D eigenvalue weighted by atomic mass is 10.2. The number of nitrogens with two attached hydrogens (primary N) is 2. The molecule has 120 valence electrons. The summed E-state index contributed by atoms with van der Waals surface area (Å²) in [5, 5.41) is 7.02. The Bertz CT molecular complexity index is 524. The monoisotopic (exact) mass is 306 g/mol. The highest BCUT2D eigenvalue weighted by Crippen LogP contribution is 2.26. The van der Waals surface area contributed by atoms with Gasteiger partial charge in [-0.25, -0.2) is 4.94 Å². The van der Waals surface area contributed by atoms with Gasteiger partial charge in [-0.2, -0.15) is 0 Å². The Hall–Kier alpha value is -2.90. The Morgan fingerprint density at radius 3 is 2.59 bits per heavy atom. The molecule has 0 aromatic heterocycles. The Morgan fingerprint density at radius 2 is 2.00 bits per heavy atom. The number of hydrogen-bond donors (Lipinski definition) is 2. The number of amides is 1. The first kappa shape index (κ1) is 19.1. The van der Waals surface area contributed by atoms with Crippen molar-refractivity contribution in [3.8, 4) is 0 Å². The largest absolute Gasteiger partial charge is 0.385 e. The maximum Gasteiger partial charge on any atom is 0.204 e. The number of rotatable bonds is 6. The van der Waals surface area contributed by atoms with Crippen molar-refractivity contribution in [1.29, 1.82) is 0 Å². The topological polar surface area (TPSA) is 119 Å². The summed E-state index contributed by atoms with van der Waals surface area (Å²) in [6.07, 6.45) is 3.21. The van der Waals surface area contributed by atoms with Gasteiger partial charge in [0.15, 0.2) is 0 Å². The molecule has 0 saturated carbocycles. The van der Waals surface area contributed by atoms with Crippen molar-refractivity contribution >= 4 is 36.0 Å². The molecule has 1 rings (SSSR count). The second-order valence-electron chi connectivity index (χ2n) is 3.99. The number of oxime groups is 2. The van der Waals surface area contributed by atoms with E-state index in [4.69, 9.17) is 10.5 Å². The Balaban J connectivity index is 0.00000135. The number of primary amides is 1. The number of para-hydroxylation sites is 2. The minimum absolute atomic E-state index is 0.250. The molecule has 1 aromatic rings. The fourth-order valence-electron chi connectivity index (χ4n) is 1.32. The molecule has 0 radical (unpaired) electrons. The summed E-state index contributed by atoms with van der Waals surface area (Å²) in [5.41, 5.74) is 11.4. The molecule has 0 unspecified atom stereocenters. The van der Waals surface area contributed by atoms with Crippen LogP contribution < -0.4 is 16.4 Å².